The smallest absolute Gasteiger partial charge is 0.338 e. The van der Waals surface area contributed by atoms with E-state index in [1.807, 2.05) is 0 Å². The van der Waals surface area contributed by atoms with Crippen molar-refractivity contribution in [1.82, 2.24) is 4.57 Å². The molecule has 1 aliphatic rings. The highest BCUT2D eigenvalue weighted by Gasteiger charge is 2.33. The number of benzene rings is 2. The maximum Gasteiger partial charge on any atom is 0.338 e. The van der Waals surface area contributed by atoms with Crippen molar-refractivity contribution in [3.05, 3.63) is 88.0 Å². The molecule has 0 aliphatic carbocycles. The summed E-state index contributed by atoms with van der Waals surface area (Å²) >= 11 is 10.9. The number of carbonyl (C=O) groups is 1. The highest BCUT2D eigenvalue weighted by Crippen LogP contribution is 2.34. The first-order valence-electron chi connectivity index (χ1n) is 10.7. The fourth-order valence-corrected chi connectivity index (χ4v) is 5.47. The van der Waals surface area contributed by atoms with Crippen LogP contribution < -0.4 is 24.4 Å². The molecule has 0 fully saturated rings. The van der Waals surface area contributed by atoms with Gasteiger partial charge in [-0.05, 0) is 55.3 Å². The molecule has 0 saturated heterocycles. The van der Waals surface area contributed by atoms with Gasteiger partial charge in [-0.25, -0.2) is 9.79 Å². The lowest BCUT2D eigenvalue weighted by molar-refractivity contribution is -0.139. The predicted molar refractivity (Wildman–Crippen MR) is 139 cm³/mol. The lowest BCUT2D eigenvalue weighted by Crippen LogP contribution is -2.39. The number of nitrogens with zero attached hydrogens (tertiary/aromatic N) is 2. The monoisotopic (exact) mass is 576 g/mol. The van der Waals surface area contributed by atoms with Crippen molar-refractivity contribution in [3.8, 4) is 11.5 Å². The molecule has 10 heteroatoms. The Morgan fingerprint density at radius 3 is 2.49 bits per heavy atom. The van der Waals surface area contributed by atoms with E-state index in [1.54, 1.807) is 70.5 Å². The van der Waals surface area contributed by atoms with Crippen LogP contribution in [0.25, 0.3) is 6.08 Å². The van der Waals surface area contributed by atoms with Crippen molar-refractivity contribution in [1.29, 1.82) is 0 Å². The lowest BCUT2D eigenvalue weighted by Gasteiger charge is -2.24. The molecule has 1 aliphatic heterocycles. The third-order valence-corrected chi connectivity index (χ3v) is 7.41. The van der Waals surface area contributed by atoms with Gasteiger partial charge >= 0.3 is 5.97 Å². The molecule has 2 aromatic carbocycles. The zero-order chi connectivity index (χ0) is 25.3. The number of rotatable bonds is 6. The number of fused-ring (bicyclic) bond motifs is 1. The number of esters is 1. The molecule has 0 radical (unpaired) electrons. The first-order valence-corrected chi connectivity index (χ1v) is 12.6. The van der Waals surface area contributed by atoms with Crippen LogP contribution in [0.1, 0.15) is 31.0 Å². The molecule has 1 atom stereocenters. The van der Waals surface area contributed by atoms with E-state index in [-0.39, 0.29) is 12.2 Å². The predicted octanol–water partition coefficient (Wildman–Crippen LogP) is 4.23. The van der Waals surface area contributed by atoms with Crippen molar-refractivity contribution in [2.75, 3.05) is 20.8 Å². The summed E-state index contributed by atoms with van der Waals surface area (Å²) in [7, 11) is 3.11. The summed E-state index contributed by atoms with van der Waals surface area (Å²) in [6.07, 6.45) is 1.76. The van der Waals surface area contributed by atoms with E-state index < -0.39 is 12.0 Å². The zero-order valence-corrected chi connectivity index (χ0v) is 22.6. The van der Waals surface area contributed by atoms with E-state index in [4.69, 9.17) is 25.8 Å². The van der Waals surface area contributed by atoms with E-state index in [0.717, 1.165) is 15.6 Å². The molecule has 0 spiro atoms. The molecular weight excluding hydrogens is 556 g/mol. The van der Waals surface area contributed by atoms with Crippen LogP contribution >= 0.6 is 38.9 Å². The van der Waals surface area contributed by atoms with Gasteiger partial charge in [-0.2, -0.15) is 0 Å². The van der Waals surface area contributed by atoms with Gasteiger partial charge in [-0.3, -0.25) is 9.36 Å². The number of carbonyl (C=O) groups excluding carboxylic acids is 1. The summed E-state index contributed by atoms with van der Waals surface area (Å²) in [5.74, 6) is 0.593. The van der Waals surface area contributed by atoms with Crippen LogP contribution in [0.3, 0.4) is 0 Å². The quantitative estimate of drug-likeness (QED) is 0.410. The van der Waals surface area contributed by atoms with Crippen LogP contribution in [0.15, 0.2) is 61.9 Å². The van der Waals surface area contributed by atoms with Gasteiger partial charge in [0, 0.05) is 9.50 Å². The van der Waals surface area contributed by atoms with Gasteiger partial charge in [0.25, 0.3) is 5.56 Å². The number of hydrogen-bond donors (Lipinski definition) is 0. The summed E-state index contributed by atoms with van der Waals surface area (Å²) < 4.78 is 18.8. The number of aromatic nitrogens is 1. The van der Waals surface area contributed by atoms with E-state index >= 15 is 0 Å². The number of thiazole rings is 1. The molecule has 4 rings (SSSR count). The van der Waals surface area contributed by atoms with E-state index in [0.29, 0.717) is 37.1 Å². The highest BCUT2D eigenvalue weighted by atomic mass is 79.9. The number of halogens is 2. The molecule has 182 valence electrons. The number of allylic oxidation sites excluding steroid dienone is 1. The van der Waals surface area contributed by atoms with Crippen molar-refractivity contribution in [2.45, 2.75) is 19.9 Å². The largest absolute Gasteiger partial charge is 0.493 e. The van der Waals surface area contributed by atoms with Gasteiger partial charge in [-0.15, -0.1) is 0 Å². The molecule has 0 saturated carbocycles. The lowest BCUT2D eigenvalue weighted by atomic mass is 9.96. The average Bonchev–Trinajstić information content (AvgIpc) is 3.14. The summed E-state index contributed by atoms with van der Waals surface area (Å²) in [5, 5.41) is 0.554. The Labute approximate surface area is 219 Å². The Kier molecular flexibility index (Phi) is 7.49. The second kappa shape index (κ2) is 10.4. The van der Waals surface area contributed by atoms with E-state index in [9.17, 15) is 9.59 Å². The van der Waals surface area contributed by atoms with Crippen LogP contribution in [-0.4, -0.2) is 31.4 Å². The Bertz CT molecular complexity index is 1510. The molecule has 7 nitrogen and oxygen atoms in total. The second-order valence-electron chi connectivity index (χ2n) is 7.58. The van der Waals surface area contributed by atoms with Crippen LogP contribution in [0, 0.1) is 0 Å². The molecule has 0 amide bonds. The maximum absolute atomic E-state index is 13.7. The molecule has 1 unspecified atom stereocenters. The average molecular weight is 578 g/mol. The van der Waals surface area contributed by atoms with Gasteiger partial charge in [0.05, 0.1) is 42.7 Å². The van der Waals surface area contributed by atoms with Crippen molar-refractivity contribution < 1.29 is 19.0 Å². The fraction of sp³-hybridized carbons (Fsp3) is 0.240. The number of ether oxygens (including phenoxy) is 3. The van der Waals surface area contributed by atoms with Crippen LogP contribution in [-0.2, 0) is 9.53 Å². The topological polar surface area (TPSA) is 79.1 Å². The SMILES string of the molecule is CCOC(=O)C1=C(C)N=c2s/c(=C/c3cc(OC)c(OC)cc3Br)c(=O)n2C1c1ccc(Cl)cc1. The summed E-state index contributed by atoms with van der Waals surface area (Å²) in [4.78, 5) is 31.7. The van der Waals surface area contributed by atoms with Gasteiger partial charge < -0.3 is 14.2 Å². The van der Waals surface area contributed by atoms with Gasteiger partial charge in [0.15, 0.2) is 16.3 Å². The standard InChI is InChI=1S/C25H22BrClN2O5S/c1-5-34-24(31)21-13(2)28-25-29(22(21)14-6-8-16(27)9-7-14)23(30)20(35-25)11-15-10-18(32-3)19(33-4)12-17(15)26/h6-12,22H,5H2,1-4H3/b20-11+. The summed E-state index contributed by atoms with van der Waals surface area (Å²) in [5.41, 5.74) is 2.01. The third-order valence-electron chi connectivity index (χ3n) is 5.49. The maximum atomic E-state index is 13.7. The van der Waals surface area contributed by atoms with Crippen molar-refractivity contribution in [3.63, 3.8) is 0 Å². The molecule has 3 aromatic rings. The Hall–Kier alpha value is -2.88. The minimum Gasteiger partial charge on any atom is -0.493 e. The molecular formula is C25H22BrClN2O5S. The molecule has 2 heterocycles. The number of hydrogen-bond acceptors (Lipinski definition) is 7. The Morgan fingerprint density at radius 2 is 1.86 bits per heavy atom. The minimum absolute atomic E-state index is 0.209. The normalized spacial score (nSPS) is 15.5. The number of methoxy groups -OCH3 is 2. The van der Waals surface area contributed by atoms with Crippen molar-refractivity contribution >= 4 is 50.9 Å². The Morgan fingerprint density at radius 1 is 1.20 bits per heavy atom. The van der Waals surface area contributed by atoms with Gasteiger partial charge in [-0.1, -0.05) is 51.0 Å². The highest BCUT2D eigenvalue weighted by molar-refractivity contribution is 9.10. The van der Waals surface area contributed by atoms with Gasteiger partial charge in [0.2, 0.25) is 0 Å². The van der Waals surface area contributed by atoms with Crippen LogP contribution in [0.5, 0.6) is 11.5 Å². The third kappa shape index (κ3) is 4.80. The zero-order valence-electron chi connectivity index (χ0n) is 19.4. The summed E-state index contributed by atoms with van der Waals surface area (Å²) in [6.45, 7) is 3.69. The first kappa shape index (κ1) is 25.2. The Balaban J connectivity index is 1.95. The molecule has 1 aromatic heterocycles. The van der Waals surface area contributed by atoms with Crippen molar-refractivity contribution in [2.24, 2.45) is 4.99 Å². The first-order chi connectivity index (χ1) is 16.8. The molecule has 0 bridgehead atoms. The van der Waals surface area contributed by atoms with E-state index in [2.05, 4.69) is 20.9 Å². The molecule has 0 N–H and O–H groups in total. The molecule has 35 heavy (non-hydrogen) atoms. The van der Waals surface area contributed by atoms with Crippen LogP contribution in [0.2, 0.25) is 5.02 Å². The minimum atomic E-state index is -0.696. The van der Waals surface area contributed by atoms with Crippen LogP contribution in [0.4, 0.5) is 0 Å². The summed E-state index contributed by atoms with van der Waals surface area (Å²) in [6, 6.07) is 9.92. The fourth-order valence-electron chi connectivity index (χ4n) is 3.87. The second-order valence-corrected chi connectivity index (χ2v) is 9.88. The van der Waals surface area contributed by atoms with Gasteiger partial charge in [0.1, 0.15) is 0 Å². The van der Waals surface area contributed by atoms with E-state index in [1.165, 1.54) is 15.9 Å².